The standard InChI is InChI=1S/C24H37F3N6O3S/c25-24(26,27)19-37(34,35)33(36-18-21-10-6-5-7-11-21)17-9-4-2-1-3-8-14-30-23(31-20-28)32-22-12-15-29-16-13-22/h12-13,15-16,21H,1-11,14,17-19H2,(H2,29,30,31,32). The van der Waals surface area contributed by atoms with Crippen LogP contribution in [0.25, 0.3) is 0 Å². The lowest BCUT2D eigenvalue weighted by molar-refractivity contribution is -0.121. The molecule has 0 atom stereocenters. The van der Waals surface area contributed by atoms with Gasteiger partial charge in [0, 0.05) is 31.2 Å². The second kappa shape index (κ2) is 16.4. The van der Waals surface area contributed by atoms with Crippen LogP contribution in [0.3, 0.4) is 0 Å². The number of nitriles is 1. The molecule has 0 saturated heterocycles. The monoisotopic (exact) mass is 546 g/mol. The van der Waals surface area contributed by atoms with Crippen LogP contribution < -0.4 is 10.6 Å². The summed E-state index contributed by atoms with van der Waals surface area (Å²) in [5.74, 6) is -1.38. The summed E-state index contributed by atoms with van der Waals surface area (Å²) < 4.78 is 63.6. The van der Waals surface area contributed by atoms with E-state index in [0.29, 0.717) is 29.8 Å². The first kappa shape index (κ1) is 30.8. The number of nitrogens with one attached hydrogen (secondary N) is 2. The van der Waals surface area contributed by atoms with E-state index in [9.17, 15) is 21.6 Å². The van der Waals surface area contributed by atoms with Crippen molar-refractivity contribution in [2.45, 2.75) is 76.8 Å². The summed E-state index contributed by atoms with van der Waals surface area (Å²) in [4.78, 5) is 13.1. The maximum absolute atomic E-state index is 12.8. The second-order valence-electron chi connectivity index (χ2n) is 9.17. The Morgan fingerprint density at radius 1 is 1.11 bits per heavy atom. The van der Waals surface area contributed by atoms with Gasteiger partial charge >= 0.3 is 6.18 Å². The Balaban J connectivity index is 1.66. The number of aliphatic imine (C=N–C) groups is 1. The molecule has 1 aliphatic rings. The molecular formula is C24H37F3N6O3S. The van der Waals surface area contributed by atoms with E-state index in [1.165, 1.54) is 0 Å². The molecule has 2 rings (SSSR count). The first-order valence-electron chi connectivity index (χ1n) is 12.8. The molecule has 1 aromatic rings. The Bertz CT molecular complexity index is 949. The molecule has 1 aliphatic carbocycles. The summed E-state index contributed by atoms with van der Waals surface area (Å²) in [6, 6.07) is 3.51. The molecule has 0 amide bonds. The van der Waals surface area contributed by atoms with E-state index < -0.39 is 22.0 Å². The molecule has 0 aliphatic heterocycles. The highest BCUT2D eigenvalue weighted by molar-refractivity contribution is 7.89. The topological polar surface area (TPSA) is 120 Å². The van der Waals surface area contributed by atoms with Gasteiger partial charge in [-0.05, 0) is 43.7 Å². The number of rotatable bonds is 15. The minimum Gasteiger partial charge on any atom is -0.355 e. The van der Waals surface area contributed by atoms with Crippen molar-refractivity contribution < 1.29 is 26.4 Å². The number of pyridine rings is 1. The molecular weight excluding hydrogens is 509 g/mol. The van der Waals surface area contributed by atoms with Gasteiger partial charge in [0.2, 0.25) is 22.2 Å². The van der Waals surface area contributed by atoms with E-state index in [1.807, 2.05) is 0 Å². The number of anilines is 1. The van der Waals surface area contributed by atoms with Crippen LogP contribution in [-0.2, 0) is 14.9 Å². The van der Waals surface area contributed by atoms with Crippen LogP contribution in [0.4, 0.5) is 18.9 Å². The van der Waals surface area contributed by atoms with Gasteiger partial charge in [0.15, 0.2) is 5.75 Å². The van der Waals surface area contributed by atoms with Crippen LogP contribution in [0.2, 0.25) is 0 Å². The van der Waals surface area contributed by atoms with E-state index in [2.05, 4.69) is 20.6 Å². The molecule has 0 spiro atoms. The largest absolute Gasteiger partial charge is 0.404 e. The van der Waals surface area contributed by atoms with E-state index >= 15 is 0 Å². The van der Waals surface area contributed by atoms with Crippen LogP contribution in [0.1, 0.15) is 70.6 Å². The summed E-state index contributed by atoms with van der Waals surface area (Å²) in [5.41, 5.74) is 0.755. The van der Waals surface area contributed by atoms with Gasteiger partial charge < -0.3 is 10.6 Å². The first-order chi connectivity index (χ1) is 17.7. The highest BCUT2D eigenvalue weighted by Gasteiger charge is 2.39. The maximum Gasteiger partial charge on any atom is 0.404 e. The smallest absolute Gasteiger partial charge is 0.355 e. The zero-order valence-electron chi connectivity index (χ0n) is 21.0. The molecule has 208 valence electrons. The zero-order chi connectivity index (χ0) is 27.0. The lowest BCUT2D eigenvalue weighted by Crippen LogP contribution is -2.39. The molecule has 13 heteroatoms. The molecule has 0 radical (unpaired) electrons. The summed E-state index contributed by atoms with van der Waals surface area (Å²) in [6.45, 7) is 0.662. The third kappa shape index (κ3) is 13.6. The predicted molar refractivity (Wildman–Crippen MR) is 136 cm³/mol. The summed E-state index contributed by atoms with van der Waals surface area (Å²) in [6.07, 6.45) is 9.75. The number of hydrogen-bond acceptors (Lipinski definition) is 6. The fourth-order valence-corrected chi connectivity index (χ4v) is 5.30. The predicted octanol–water partition coefficient (Wildman–Crippen LogP) is 4.97. The van der Waals surface area contributed by atoms with Crippen molar-refractivity contribution in [3.63, 3.8) is 0 Å². The number of hydrogen-bond donors (Lipinski definition) is 2. The third-order valence-electron chi connectivity index (χ3n) is 6.00. The Kier molecular flexibility index (Phi) is 13.7. The molecule has 0 bridgehead atoms. The highest BCUT2D eigenvalue weighted by Crippen LogP contribution is 2.25. The molecule has 1 heterocycles. The van der Waals surface area contributed by atoms with Crippen molar-refractivity contribution >= 4 is 21.7 Å². The molecule has 2 N–H and O–H groups in total. The van der Waals surface area contributed by atoms with Crippen molar-refractivity contribution in [2.24, 2.45) is 10.9 Å². The zero-order valence-corrected chi connectivity index (χ0v) is 21.9. The fraction of sp³-hybridized carbons (Fsp3) is 0.708. The van der Waals surface area contributed by atoms with Gasteiger partial charge in [-0.25, -0.2) is 8.42 Å². The van der Waals surface area contributed by atoms with Gasteiger partial charge in [0.25, 0.3) is 0 Å². The van der Waals surface area contributed by atoms with Crippen LogP contribution in [0, 0.1) is 17.4 Å². The Labute approximate surface area is 217 Å². The lowest BCUT2D eigenvalue weighted by Gasteiger charge is -2.26. The van der Waals surface area contributed by atoms with Crippen molar-refractivity contribution in [2.75, 3.05) is 30.8 Å². The summed E-state index contributed by atoms with van der Waals surface area (Å²) in [7, 11) is -4.59. The molecule has 1 aromatic heterocycles. The Hall–Kier alpha value is -2.43. The Morgan fingerprint density at radius 2 is 1.76 bits per heavy atom. The van der Waals surface area contributed by atoms with Gasteiger partial charge in [-0.3, -0.25) is 9.82 Å². The number of guanidine groups is 1. The number of hydroxylamine groups is 1. The van der Waals surface area contributed by atoms with Gasteiger partial charge in [-0.2, -0.15) is 18.4 Å². The van der Waals surface area contributed by atoms with E-state index in [4.69, 9.17) is 10.1 Å². The number of nitrogens with zero attached hydrogens (tertiary/aromatic N) is 4. The van der Waals surface area contributed by atoms with Crippen LogP contribution in [-0.4, -0.2) is 55.5 Å². The average Bonchev–Trinajstić information content (AvgIpc) is 2.84. The van der Waals surface area contributed by atoms with Crippen molar-refractivity contribution in [1.29, 1.82) is 5.26 Å². The minimum absolute atomic E-state index is 0.0820. The van der Waals surface area contributed by atoms with E-state index in [0.717, 1.165) is 63.5 Å². The fourth-order valence-electron chi connectivity index (χ4n) is 4.12. The van der Waals surface area contributed by atoms with E-state index in [-0.39, 0.29) is 19.1 Å². The Morgan fingerprint density at radius 3 is 2.41 bits per heavy atom. The number of unbranched alkanes of at least 4 members (excludes halogenated alkanes) is 5. The number of sulfonamides is 1. The molecule has 0 aromatic carbocycles. The third-order valence-corrected chi connectivity index (χ3v) is 7.60. The van der Waals surface area contributed by atoms with Crippen molar-refractivity contribution in [3.05, 3.63) is 24.5 Å². The lowest BCUT2D eigenvalue weighted by atomic mass is 9.90. The minimum atomic E-state index is -4.81. The van der Waals surface area contributed by atoms with Gasteiger partial charge in [-0.1, -0.05) is 49.4 Å². The van der Waals surface area contributed by atoms with Crippen LogP contribution >= 0.6 is 0 Å². The van der Waals surface area contributed by atoms with Gasteiger partial charge in [-0.15, -0.1) is 4.99 Å². The SMILES string of the molecule is N#C/N=C(\NCCCCCCCCN(OCC1CCCCC1)S(=O)(=O)CC(F)(F)F)Nc1ccncc1. The molecule has 1 saturated carbocycles. The summed E-state index contributed by atoms with van der Waals surface area (Å²) in [5, 5.41) is 14.9. The van der Waals surface area contributed by atoms with Crippen molar-refractivity contribution in [1.82, 2.24) is 14.8 Å². The van der Waals surface area contributed by atoms with Gasteiger partial charge in [0.1, 0.15) is 0 Å². The average molecular weight is 547 g/mol. The number of alkyl halides is 3. The van der Waals surface area contributed by atoms with E-state index in [1.54, 1.807) is 30.7 Å². The first-order valence-corrected chi connectivity index (χ1v) is 14.4. The second-order valence-corrected chi connectivity index (χ2v) is 11.0. The number of aromatic nitrogens is 1. The van der Waals surface area contributed by atoms with Crippen molar-refractivity contribution in [3.8, 4) is 6.19 Å². The maximum atomic E-state index is 12.8. The highest BCUT2D eigenvalue weighted by atomic mass is 32.2. The normalized spacial score (nSPS) is 15.5. The van der Waals surface area contributed by atoms with Gasteiger partial charge in [0.05, 0.1) is 6.61 Å². The molecule has 37 heavy (non-hydrogen) atoms. The van der Waals surface area contributed by atoms with Crippen LogP contribution in [0.5, 0.6) is 0 Å². The quantitative estimate of drug-likeness (QED) is 0.105. The molecule has 9 nitrogen and oxygen atoms in total. The number of halogens is 3. The molecule has 1 fully saturated rings. The molecule has 0 unspecified atom stereocenters. The summed E-state index contributed by atoms with van der Waals surface area (Å²) >= 11 is 0. The van der Waals surface area contributed by atoms with Crippen LogP contribution in [0.15, 0.2) is 29.5 Å².